The minimum Gasteiger partial charge on any atom is -0.463 e. The Bertz CT molecular complexity index is 177. The molecule has 3 atom stereocenters. The van der Waals surface area contributed by atoms with Crippen molar-refractivity contribution >= 4 is 5.97 Å². The Hall–Kier alpha value is -0.610. The van der Waals surface area contributed by atoms with E-state index in [4.69, 9.17) is 5.11 Å². The lowest BCUT2D eigenvalue weighted by Crippen LogP contribution is -2.49. The van der Waals surface area contributed by atoms with Gasteiger partial charge in [-0.3, -0.25) is 0 Å². The fraction of sp³-hybridized carbons (Fsp3) is 0.857. The van der Waals surface area contributed by atoms with Crippen LogP contribution in [0.1, 0.15) is 13.8 Å². The molecule has 0 spiro atoms. The van der Waals surface area contributed by atoms with Crippen molar-refractivity contribution in [3.8, 4) is 0 Å². The van der Waals surface area contributed by atoms with E-state index in [0.29, 0.717) is 0 Å². The Kier molecular flexibility index (Phi) is 1.90. The third-order valence-electron chi connectivity index (χ3n) is 2.18. The summed E-state index contributed by atoms with van der Waals surface area (Å²) in [5.74, 6) is -1.06. The first-order valence-electron chi connectivity index (χ1n) is 3.57. The molecule has 1 aliphatic heterocycles. The van der Waals surface area contributed by atoms with Gasteiger partial charge in [0.15, 0.2) is 5.60 Å². The van der Waals surface area contributed by atoms with Crippen LogP contribution in [0.2, 0.25) is 0 Å². The Morgan fingerprint density at radius 3 is 2.55 bits per heavy atom. The average molecular weight is 160 g/mol. The third kappa shape index (κ3) is 1.02. The van der Waals surface area contributed by atoms with Crippen LogP contribution >= 0.6 is 0 Å². The molecule has 0 unspecified atom stereocenters. The lowest BCUT2D eigenvalue weighted by molar-refractivity contribution is -0.164. The maximum absolute atomic E-state index is 10.9. The van der Waals surface area contributed by atoms with Crippen molar-refractivity contribution in [1.29, 1.82) is 0 Å². The van der Waals surface area contributed by atoms with E-state index in [1.807, 2.05) is 0 Å². The van der Waals surface area contributed by atoms with Crippen LogP contribution < -0.4 is 0 Å². The number of hydrogen-bond donors (Lipinski definition) is 2. The molecule has 4 nitrogen and oxygen atoms in total. The fourth-order valence-electron chi connectivity index (χ4n) is 1.23. The van der Waals surface area contributed by atoms with Crippen LogP contribution in [0.3, 0.4) is 0 Å². The summed E-state index contributed by atoms with van der Waals surface area (Å²) < 4.78 is 4.59. The Morgan fingerprint density at radius 1 is 1.82 bits per heavy atom. The molecule has 1 heterocycles. The normalized spacial score (nSPS) is 40.4. The molecule has 11 heavy (non-hydrogen) atoms. The largest absolute Gasteiger partial charge is 0.463 e. The molecule has 64 valence electrons. The van der Waals surface area contributed by atoms with Crippen LogP contribution in [0.4, 0.5) is 0 Å². The molecule has 0 saturated carbocycles. The van der Waals surface area contributed by atoms with Crippen molar-refractivity contribution in [2.45, 2.75) is 25.6 Å². The van der Waals surface area contributed by atoms with Crippen molar-refractivity contribution in [1.82, 2.24) is 0 Å². The summed E-state index contributed by atoms with van der Waals surface area (Å²) in [7, 11) is 0. The second kappa shape index (κ2) is 2.46. The maximum Gasteiger partial charge on any atom is 0.341 e. The van der Waals surface area contributed by atoms with Gasteiger partial charge in [-0.1, -0.05) is 6.92 Å². The predicted octanol–water partition coefficient (Wildman–Crippen LogP) is -0.709. The maximum atomic E-state index is 10.9. The molecular weight excluding hydrogens is 148 g/mol. The zero-order valence-electron chi connectivity index (χ0n) is 6.57. The Labute approximate surface area is 64.8 Å². The van der Waals surface area contributed by atoms with Crippen molar-refractivity contribution < 1.29 is 19.7 Å². The third-order valence-corrected chi connectivity index (χ3v) is 2.18. The van der Waals surface area contributed by atoms with E-state index in [-0.39, 0.29) is 12.5 Å². The van der Waals surface area contributed by atoms with E-state index in [1.165, 1.54) is 6.92 Å². The highest BCUT2D eigenvalue weighted by Gasteiger charge is 2.52. The van der Waals surface area contributed by atoms with Gasteiger partial charge < -0.3 is 14.9 Å². The Balaban J connectivity index is 2.89. The van der Waals surface area contributed by atoms with Gasteiger partial charge in [-0.2, -0.15) is 0 Å². The second-order valence-electron chi connectivity index (χ2n) is 3.00. The minimum absolute atomic E-state index is 0.181. The van der Waals surface area contributed by atoms with Gasteiger partial charge in [0, 0.05) is 5.92 Å². The van der Waals surface area contributed by atoms with Crippen molar-refractivity contribution in [3.05, 3.63) is 0 Å². The number of rotatable bonds is 1. The summed E-state index contributed by atoms with van der Waals surface area (Å²) in [5.41, 5.74) is -1.69. The van der Waals surface area contributed by atoms with Crippen LogP contribution in [0.25, 0.3) is 0 Å². The molecule has 0 radical (unpaired) electrons. The number of ether oxygens (including phenoxy) is 1. The van der Waals surface area contributed by atoms with Crippen LogP contribution in [-0.4, -0.2) is 34.5 Å². The number of carbonyl (C=O) groups is 1. The van der Waals surface area contributed by atoms with E-state index in [2.05, 4.69) is 4.74 Å². The van der Waals surface area contributed by atoms with Gasteiger partial charge in [0.05, 0.1) is 12.7 Å². The van der Waals surface area contributed by atoms with Gasteiger partial charge in [-0.15, -0.1) is 0 Å². The standard InChI is InChI=1S/C7H12O4/c1-4-3-11-6(9)7(4,10)5(2)8/h4-5,8,10H,3H2,1-2H3/t4-,5-,7-/m1/s1. The quantitative estimate of drug-likeness (QED) is 0.497. The SMILES string of the molecule is C[C@@H]1COC(=O)[C@]1(O)[C@@H](C)O. The highest BCUT2D eigenvalue weighted by atomic mass is 16.6. The van der Waals surface area contributed by atoms with E-state index in [0.717, 1.165) is 0 Å². The summed E-state index contributed by atoms with van der Waals surface area (Å²) in [5, 5.41) is 18.7. The number of aliphatic hydroxyl groups excluding tert-OH is 1. The van der Waals surface area contributed by atoms with Gasteiger partial charge in [0.2, 0.25) is 0 Å². The zero-order valence-corrected chi connectivity index (χ0v) is 6.57. The molecule has 0 bridgehead atoms. The molecule has 1 fully saturated rings. The topological polar surface area (TPSA) is 66.8 Å². The van der Waals surface area contributed by atoms with Gasteiger partial charge in [-0.25, -0.2) is 4.79 Å². The summed E-state index contributed by atoms with van der Waals surface area (Å²) in [6.07, 6.45) is -1.08. The van der Waals surface area contributed by atoms with Crippen LogP contribution in [0, 0.1) is 5.92 Å². The number of cyclic esters (lactones) is 1. The molecule has 4 heteroatoms. The number of carbonyl (C=O) groups excluding carboxylic acids is 1. The number of esters is 1. The molecule has 0 aromatic heterocycles. The average Bonchev–Trinajstić information content (AvgIpc) is 2.18. The summed E-state index contributed by atoms with van der Waals surface area (Å²) in [6.45, 7) is 3.22. The highest BCUT2D eigenvalue weighted by Crippen LogP contribution is 2.29. The lowest BCUT2D eigenvalue weighted by Gasteiger charge is -2.25. The molecule has 0 aromatic carbocycles. The van der Waals surface area contributed by atoms with Gasteiger partial charge >= 0.3 is 5.97 Å². The van der Waals surface area contributed by atoms with E-state index < -0.39 is 17.7 Å². The van der Waals surface area contributed by atoms with E-state index in [1.54, 1.807) is 6.92 Å². The molecule has 1 saturated heterocycles. The fourth-order valence-corrected chi connectivity index (χ4v) is 1.23. The summed E-state index contributed by atoms with van der Waals surface area (Å²) in [4.78, 5) is 10.9. The monoisotopic (exact) mass is 160 g/mol. The first-order chi connectivity index (χ1) is 4.99. The Morgan fingerprint density at radius 2 is 2.36 bits per heavy atom. The molecule has 2 N–H and O–H groups in total. The number of hydrogen-bond acceptors (Lipinski definition) is 4. The van der Waals surface area contributed by atoms with Crippen LogP contribution in [0.5, 0.6) is 0 Å². The predicted molar refractivity (Wildman–Crippen MR) is 36.8 cm³/mol. The first-order valence-corrected chi connectivity index (χ1v) is 3.57. The molecular formula is C7H12O4. The van der Waals surface area contributed by atoms with Crippen molar-refractivity contribution in [3.63, 3.8) is 0 Å². The van der Waals surface area contributed by atoms with Crippen LogP contribution in [0.15, 0.2) is 0 Å². The molecule has 0 aromatic rings. The molecule has 1 aliphatic rings. The van der Waals surface area contributed by atoms with Gasteiger partial charge in [-0.05, 0) is 6.92 Å². The van der Waals surface area contributed by atoms with Crippen LogP contribution in [-0.2, 0) is 9.53 Å². The zero-order chi connectivity index (χ0) is 8.65. The molecule has 1 rings (SSSR count). The minimum atomic E-state index is -1.69. The molecule has 0 amide bonds. The van der Waals surface area contributed by atoms with Gasteiger partial charge in [0.1, 0.15) is 0 Å². The number of aliphatic hydroxyl groups is 2. The first kappa shape index (κ1) is 8.49. The second-order valence-corrected chi connectivity index (χ2v) is 3.00. The van der Waals surface area contributed by atoms with Crippen molar-refractivity contribution in [2.24, 2.45) is 5.92 Å². The molecule has 0 aliphatic carbocycles. The van der Waals surface area contributed by atoms with Gasteiger partial charge in [0.25, 0.3) is 0 Å². The highest BCUT2D eigenvalue weighted by molar-refractivity contribution is 5.82. The van der Waals surface area contributed by atoms with Crippen molar-refractivity contribution in [2.75, 3.05) is 6.61 Å². The lowest BCUT2D eigenvalue weighted by atomic mass is 9.87. The van der Waals surface area contributed by atoms with E-state index >= 15 is 0 Å². The van der Waals surface area contributed by atoms with E-state index in [9.17, 15) is 9.90 Å². The smallest absolute Gasteiger partial charge is 0.341 e. The summed E-state index contributed by atoms with van der Waals surface area (Å²) >= 11 is 0. The summed E-state index contributed by atoms with van der Waals surface area (Å²) in [6, 6.07) is 0.